The standard InChI is InChI=1S/C13H21NO/c1-10(2)13(14-3)9-11-6-5-7-12(8-11)15-4/h5-8,10,13-14H,9H2,1-4H3. The topological polar surface area (TPSA) is 21.3 Å². The Balaban J connectivity index is 2.70. The first-order chi connectivity index (χ1) is 7.17. The van der Waals surface area contributed by atoms with Crippen LogP contribution in [0.4, 0.5) is 0 Å². The average molecular weight is 207 g/mol. The van der Waals surface area contributed by atoms with Crippen molar-refractivity contribution in [1.82, 2.24) is 5.32 Å². The number of hydrogen-bond donors (Lipinski definition) is 1. The Morgan fingerprint density at radius 2 is 2.07 bits per heavy atom. The summed E-state index contributed by atoms with van der Waals surface area (Å²) >= 11 is 0. The molecule has 1 N–H and O–H groups in total. The van der Waals surface area contributed by atoms with Crippen molar-refractivity contribution in [3.8, 4) is 5.75 Å². The van der Waals surface area contributed by atoms with Gasteiger partial charge in [0.1, 0.15) is 5.75 Å². The maximum Gasteiger partial charge on any atom is 0.119 e. The van der Waals surface area contributed by atoms with E-state index in [0.29, 0.717) is 12.0 Å². The minimum atomic E-state index is 0.525. The van der Waals surface area contributed by atoms with Gasteiger partial charge in [-0.05, 0) is 37.1 Å². The van der Waals surface area contributed by atoms with Gasteiger partial charge in [-0.25, -0.2) is 0 Å². The summed E-state index contributed by atoms with van der Waals surface area (Å²) in [6, 6.07) is 8.80. The molecule has 0 amide bonds. The average Bonchev–Trinajstić information content (AvgIpc) is 2.25. The fourth-order valence-electron chi connectivity index (χ4n) is 1.72. The molecule has 0 saturated carbocycles. The third-order valence-corrected chi connectivity index (χ3v) is 2.77. The predicted octanol–water partition coefficient (Wildman–Crippen LogP) is 2.48. The molecule has 2 nitrogen and oxygen atoms in total. The number of hydrogen-bond acceptors (Lipinski definition) is 2. The molecular weight excluding hydrogens is 186 g/mol. The van der Waals surface area contributed by atoms with Crippen LogP contribution in [0, 0.1) is 5.92 Å². The minimum absolute atomic E-state index is 0.525. The van der Waals surface area contributed by atoms with Crippen molar-refractivity contribution in [2.45, 2.75) is 26.3 Å². The van der Waals surface area contributed by atoms with Crippen molar-refractivity contribution in [3.63, 3.8) is 0 Å². The molecule has 0 aliphatic heterocycles. The van der Waals surface area contributed by atoms with Crippen LogP contribution in [-0.4, -0.2) is 20.2 Å². The highest BCUT2D eigenvalue weighted by Gasteiger charge is 2.11. The van der Waals surface area contributed by atoms with Gasteiger partial charge in [0, 0.05) is 6.04 Å². The molecule has 0 spiro atoms. The Morgan fingerprint density at radius 1 is 1.33 bits per heavy atom. The van der Waals surface area contributed by atoms with Crippen LogP contribution in [0.5, 0.6) is 5.75 Å². The van der Waals surface area contributed by atoms with Gasteiger partial charge in [0.15, 0.2) is 0 Å². The van der Waals surface area contributed by atoms with Crippen LogP contribution < -0.4 is 10.1 Å². The van der Waals surface area contributed by atoms with Crippen molar-refractivity contribution in [2.24, 2.45) is 5.92 Å². The van der Waals surface area contributed by atoms with E-state index >= 15 is 0 Å². The smallest absolute Gasteiger partial charge is 0.119 e. The first-order valence-electron chi connectivity index (χ1n) is 5.47. The summed E-state index contributed by atoms with van der Waals surface area (Å²) in [5, 5.41) is 3.35. The van der Waals surface area contributed by atoms with Crippen molar-refractivity contribution in [2.75, 3.05) is 14.2 Å². The van der Waals surface area contributed by atoms with Gasteiger partial charge in [-0.3, -0.25) is 0 Å². The second-order valence-corrected chi connectivity index (χ2v) is 4.19. The summed E-state index contributed by atoms with van der Waals surface area (Å²) in [5.41, 5.74) is 1.32. The van der Waals surface area contributed by atoms with E-state index < -0.39 is 0 Å². The van der Waals surface area contributed by atoms with Crippen LogP contribution in [0.25, 0.3) is 0 Å². The van der Waals surface area contributed by atoms with Crippen molar-refractivity contribution >= 4 is 0 Å². The molecule has 0 fully saturated rings. The molecule has 1 unspecified atom stereocenters. The normalized spacial score (nSPS) is 12.9. The van der Waals surface area contributed by atoms with Crippen LogP contribution in [0.3, 0.4) is 0 Å². The second kappa shape index (κ2) is 5.76. The molecule has 0 radical (unpaired) electrons. The molecule has 1 atom stereocenters. The molecule has 2 heteroatoms. The van der Waals surface area contributed by atoms with Gasteiger partial charge in [-0.15, -0.1) is 0 Å². The number of likely N-dealkylation sites (N-methyl/N-ethyl adjacent to an activating group) is 1. The van der Waals surface area contributed by atoms with Crippen molar-refractivity contribution in [1.29, 1.82) is 0 Å². The van der Waals surface area contributed by atoms with Gasteiger partial charge in [0.2, 0.25) is 0 Å². The maximum atomic E-state index is 5.21. The molecular formula is C13H21NO. The van der Waals surface area contributed by atoms with Crippen LogP contribution in [0.2, 0.25) is 0 Å². The van der Waals surface area contributed by atoms with Gasteiger partial charge >= 0.3 is 0 Å². The number of benzene rings is 1. The van der Waals surface area contributed by atoms with E-state index in [1.165, 1.54) is 5.56 Å². The molecule has 0 saturated heterocycles. The van der Waals surface area contributed by atoms with E-state index in [0.717, 1.165) is 12.2 Å². The number of nitrogens with one attached hydrogen (secondary N) is 1. The van der Waals surface area contributed by atoms with E-state index in [1.54, 1.807) is 7.11 Å². The minimum Gasteiger partial charge on any atom is -0.497 e. The second-order valence-electron chi connectivity index (χ2n) is 4.19. The SMILES string of the molecule is CNC(Cc1cccc(OC)c1)C(C)C. The lowest BCUT2D eigenvalue weighted by Gasteiger charge is -2.20. The maximum absolute atomic E-state index is 5.21. The fraction of sp³-hybridized carbons (Fsp3) is 0.538. The molecule has 1 aromatic carbocycles. The van der Waals surface area contributed by atoms with Crippen LogP contribution in [0.15, 0.2) is 24.3 Å². The van der Waals surface area contributed by atoms with Crippen molar-refractivity contribution in [3.05, 3.63) is 29.8 Å². The molecule has 1 rings (SSSR count). The Kier molecular flexibility index (Phi) is 4.63. The predicted molar refractivity (Wildman–Crippen MR) is 64.4 cm³/mol. The Morgan fingerprint density at radius 3 is 2.60 bits per heavy atom. The lowest BCUT2D eigenvalue weighted by atomic mass is 9.96. The van der Waals surface area contributed by atoms with Crippen LogP contribution >= 0.6 is 0 Å². The van der Waals surface area contributed by atoms with Crippen LogP contribution in [-0.2, 0) is 6.42 Å². The molecule has 0 aromatic heterocycles. The number of ether oxygens (including phenoxy) is 1. The molecule has 0 heterocycles. The highest BCUT2D eigenvalue weighted by molar-refractivity contribution is 5.29. The first-order valence-corrected chi connectivity index (χ1v) is 5.47. The van der Waals surface area contributed by atoms with Gasteiger partial charge in [-0.2, -0.15) is 0 Å². The van der Waals surface area contributed by atoms with Gasteiger partial charge in [0.05, 0.1) is 7.11 Å². The lowest BCUT2D eigenvalue weighted by Crippen LogP contribution is -2.32. The number of methoxy groups -OCH3 is 1. The third kappa shape index (κ3) is 3.56. The molecule has 15 heavy (non-hydrogen) atoms. The highest BCUT2D eigenvalue weighted by atomic mass is 16.5. The van der Waals surface area contributed by atoms with Gasteiger partial charge < -0.3 is 10.1 Å². The third-order valence-electron chi connectivity index (χ3n) is 2.77. The van der Waals surface area contributed by atoms with E-state index in [1.807, 2.05) is 19.2 Å². The summed E-state index contributed by atoms with van der Waals surface area (Å²) in [6.45, 7) is 4.47. The summed E-state index contributed by atoms with van der Waals surface area (Å²) in [4.78, 5) is 0. The van der Waals surface area contributed by atoms with E-state index in [9.17, 15) is 0 Å². The molecule has 0 aliphatic carbocycles. The van der Waals surface area contributed by atoms with E-state index in [-0.39, 0.29) is 0 Å². The van der Waals surface area contributed by atoms with E-state index in [2.05, 4.69) is 31.3 Å². The zero-order chi connectivity index (χ0) is 11.3. The lowest BCUT2D eigenvalue weighted by molar-refractivity contribution is 0.409. The molecule has 0 bridgehead atoms. The Hall–Kier alpha value is -1.02. The number of rotatable bonds is 5. The van der Waals surface area contributed by atoms with Crippen molar-refractivity contribution < 1.29 is 4.74 Å². The summed E-state index contributed by atoms with van der Waals surface area (Å²) in [6.07, 6.45) is 1.05. The van der Waals surface area contributed by atoms with Crippen LogP contribution in [0.1, 0.15) is 19.4 Å². The van der Waals surface area contributed by atoms with E-state index in [4.69, 9.17) is 4.74 Å². The fourth-order valence-corrected chi connectivity index (χ4v) is 1.72. The summed E-state index contributed by atoms with van der Waals surface area (Å²) in [7, 11) is 3.72. The molecule has 0 aliphatic rings. The first kappa shape index (κ1) is 12.1. The molecule has 84 valence electrons. The largest absolute Gasteiger partial charge is 0.497 e. The monoisotopic (exact) mass is 207 g/mol. The molecule has 1 aromatic rings. The Bertz CT molecular complexity index is 296. The van der Waals surface area contributed by atoms with Gasteiger partial charge in [0.25, 0.3) is 0 Å². The highest BCUT2D eigenvalue weighted by Crippen LogP contribution is 2.16. The zero-order valence-electron chi connectivity index (χ0n) is 10.1. The zero-order valence-corrected chi connectivity index (χ0v) is 10.1. The van der Waals surface area contributed by atoms with Gasteiger partial charge in [-0.1, -0.05) is 26.0 Å². The Labute approximate surface area is 92.6 Å². The summed E-state index contributed by atoms with van der Waals surface area (Å²) < 4.78 is 5.21. The quantitative estimate of drug-likeness (QED) is 0.801. The summed E-state index contributed by atoms with van der Waals surface area (Å²) in [5.74, 6) is 1.58.